The summed E-state index contributed by atoms with van der Waals surface area (Å²) in [5.41, 5.74) is 1.85. The minimum absolute atomic E-state index is 0.102. The lowest BCUT2D eigenvalue weighted by Gasteiger charge is -2.33. The van der Waals surface area contributed by atoms with Gasteiger partial charge in [-0.2, -0.15) is 0 Å². The Labute approximate surface area is 197 Å². The SMILES string of the molecule is COc1cccc(Cc2cnc([C@@H]3CCCCN3C(=O)COc3ncnc4ccccc34)o2)c1. The average molecular weight is 459 g/mol. The molecule has 2 aromatic carbocycles. The normalized spacial score (nSPS) is 15.9. The predicted molar refractivity (Wildman–Crippen MR) is 126 cm³/mol. The molecule has 0 spiro atoms. The van der Waals surface area contributed by atoms with E-state index < -0.39 is 0 Å². The van der Waals surface area contributed by atoms with Crippen molar-refractivity contribution in [2.24, 2.45) is 0 Å². The lowest BCUT2D eigenvalue weighted by molar-refractivity contribution is -0.137. The van der Waals surface area contributed by atoms with Gasteiger partial charge in [-0.05, 0) is 49.1 Å². The molecule has 1 aliphatic heterocycles. The Morgan fingerprint density at radius 2 is 2.03 bits per heavy atom. The van der Waals surface area contributed by atoms with E-state index >= 15 is 0 Å². The van der Waals surface area contributed by atoms with Crippen LogP contribution in [0.3, 0.4) is 0 Å². The number of hydrogen-bond donors (Lipinski definition) is 0. The fourth-order valence-corrected chi connectivity index (χ4v) is 4.34. The zero-order valence-corrected chi connectivity index (χ0v) is 19.0. The van der Waals surface area contributed by atoms with Crippen molar-refractivity contribution in [2.45, 2.75) is 31.7 Å². The van der Waals surface area contributed by atoms with Gasteiger partial charge in [0.2, 0.25) is 11.8 Å². The van der Waals surface area contributed by atoms with Crippen LogP contribution in [0.5, 0.6) is 11.6 Å². The molecule has 0 saturated carbocycles. The van der Waals surface area contributed by atoms with Gasteiger partial charge in [-0.15, -0.1) is 0 Å². The van der Waals surface area contributed by atoms with Gasteiger partial charge in [0.05, 0.1) is 24.2 Å². The zero-order valence-electron chi connectivity index (χ0n) is 19.0. The molecule has 174 valence electrons. The van der Waals surface area contributed by atoms with Gasteiger partial charge in [-0.25, -0.2) is 15.0 Å². The van der Waals surface area contributed by atoms with Crippen LogP contribution in [-0.4, -0.2) is 46.0 Å². The number of rotatable bonds is 7. The average Bonchev–Trinajstić information content (AvgIpc) is 3.35. The topological polar surface area (TPSA) is 90.6 Å². The third kappa shape index (κ3) is 4.71. The summed E-state index contributed by atoms with van der Waals surface area (Å²) in [6.07, 6.45) is 6.56. The number of likely N-dealkylation sites (tertiary alicyclic amines) is 1. The second kappa shape index (κ2) is 9.91. The molecule has 34 heavy (non-hydrogen) atoms. The van der Waals surface area contributed by atoms with Gasteiger partial charge in [0.25, 0.3) is 5.91 Å². The van der Waals surface area contributed by atoms with Gasteiger partial charge in [-0.3, -0.25) is 4.79 Å². The third-order valence-electron chi connectivity index (χ3n) is 6.03. The summed E-state index contributed by atoms with van der Waals surface area (Å²) in [7, 11) is 1.65. The summed E-state index contributed by atoms with van der Waals surface area (Å²) in [6, 6.07) is 15.2. The predicted octanol–water partition coefficient (Wildman–Crippen LogP) is 4.35. The van der Waals surface area contributed by atoms with Crippen LogP contribution in [0.2, 0.25) is 0 Å². The number of methoxy groups -OCH3 is 1. The first-order chi connectivity index (χ1) is 16.7. The molecule has 0 radical (unpaired) electrons. The maximum absolute atomic E-state index is 13.1. The molecule has 1 atom stereocenters. The molecule has 5 rings (SSSR count). The van der Waals surface area contributed by atoms with Crippen molar-refractivity contribution in [3.05, 3.63) is 78.3 Å². The van der Waals surface area contributed by atoms with Crippen LogP contribution in [0.4, 0.5) is 0 Å². The summed E-state index contributed by atoms with van der Waals surface area (Å²) in [4.78, 5) is 27.9. The number of piperidine rings is 1. The van der Waals surface area contributed by atoms with Crippen molar-refractivity contribution in [2.75, 3.05) is 20.3 Å². The lowest BCUT2D eigenvalue weighted by Crippen LogP contribution is -2.41. The number of para-hydroxylation sites is 1. The maximum atomic E-state index is 13.1. The Kier molecular flexibility index (Phi) is 6.38. The highest BCUT2D eigenvalue weighted by atomic mass is 16.5. The number of fused-ring (bicyclic) bond motifs is 1. The van der Waals surface area contributed by atoms with Crippen molar-refractivity contribution in [1.29, 1.82) is 0 Å². The Morgan fingerprint density at radius 1 is 1.12 bits per heavy atom. The van der Waals surface area contributed by atoms with E-state index in [0.717, 1.165) is 47.2 Å². The summed E-state index contributed by atoms with van der Waals surface area (Å²) >= 11 is 0. The van der Waals surface area contributed by atoms with Crippen molar-refractivity contribution in [3.63, 3.8) is 0 Å². The van der Waals surface area contributed by atoms with Crippen molar-refractivity contribution in [1.82, 2.24) is 19.9 Å². The molecule has 8 heteroatoms. The lowest BCUT2D eigenvalue weighted by atomic mass is 10.0. The Hall–Kier alpha value is -3.94. The van der Waals surface area contributed by atoms with E-state index in [1.165, 1.54) is 6.33 Å². The minimum Gasteiger partial charge on any atom is -0.497 e. The summed E-state index contributed by atoms with van der Waals surface area (Å²) < 4.78 is 17.2. The first-order valence-electron chi connectivity index (χ1n) is 11.4. The number of aromatic nitrogens is 3. The molecule has 1 saturated heterocycles. The molecule has 0 bridgehead atoms. The molecule has 0 unspecified atom stereocenters. The number of oxazole rings is 1. The number of carbonyl (C=O) groups is 1. The van der Waals surface area contributed by atoms with Crippen molar-refractivity contribution >= 4 is 16.8 Å². The number of hydrogen-bond acceptors (Lipinski definition) is 7. The van der Waals surface area contributed by atoms with Gasteiger partial charge < -0.3 is 18.8 Å². The zero-order chi connectivity index (χ0) is 23.3. The van der Waals surface area contributed by atoms with Gasteiger partial charge in [0, 0.05) is 13.0 Å². The van der Waals surface area contributed by atoms with Crippen molar-refractivity contribution in [3.8, 4) is 11.6 Å². The van der Waals surface area contributed by atoms with E-state index in [4.69, 9.17) is 13.9 Å². The van der Waals surface area contributed by atoms with Crippen LogP contribution in [0, 0.1) is 0 Å². The van der Waals surface area contributed by atoms with Crippen molar-refractivity contribution < 1.29 is 18.7 Å². The monoisotopic (exact) mass is 458 g/mol. The van der Waals surface area contributed by atoms with E-state index in [1.54, 1.807) is 13.3 Å². The number of amides is 1. The smallest absolute Gasteiger partial charge is 0.261 e. The molecular formula is C26H26N4O4. The first kappa shape index (κ1) is 21.9. The molecule has 1 fully saturated rings. The largest absolute Gasteiger partial charge is 0.497 e. The Bertz CT molecular complexity index is 1280. The van der Waals surface area contributed by atoms with Crippen LogP contribution >= 0.6 is 0 Å². The van der Waals surface area contributed by atoms with E-state index in [-0.39, 0.29) is 18.6 Å². The number of nitrogens with zero attached hydrogens (tertiary/aromatic N) is 4. The van der Waals surface area contributed by atoms with E-state index in [0.29, 0.717) is 24.7 Å². The molecule has 1 amide bonds. The highest BCUT2D eigenvalue weighted by Gasteiger charge is 2.31. The van der Waals surface area contributed by atoms with Crippen LogP contribution in [0.25, 0.3) is 10.9 Å². The fraction of sp³-hybridized carbons (Fsp3) is 0.308. The van der Waals surface area contributed by atoms with Crippen LogP contribution in [-0.2, 0) is 11.2 Å². The van der Waals surface area contributed by atoms with E-state index in [2.05, 4.69) is 15.0 Å². The van der Waals surface area contributed by atoms with Crippen LogP contribution in [0.15, 0.2) is 65.5 Å². The Morgan fingerprint density at radius 3 is 2.94 bits per heavy atom. The number of ether oxygens (including phenoxy) is 2. The number of carbonyl (C=O) groups excluding carboxylic acids is 1. The molecule has 3 heterocycles. The minimum atomic E-state index is -0.203. The summed E-state index contributed by atoms with van der Waals surface area (Å²) in [5.74, 6) is 2.42. The summed E-state index contributed by atoms with van der Waals surface area (Å²) in [5, 5.41) is 0.780. The molecule has 0 N–H and O–H groups in total. The fourth-order valence-electron chi connectivity index (χ4n) is 4.34. The summed E-state index contributed by atoms with van der Waals surface area (Å²) in [6.45, 7) is 0.542. The third-order valence-corrected chi connectivity index (χ3v) is 6.03. The highest BCUT2D eigenvalue weighted by molar-refractivity contribution is 5.84. The van der Waals surface area contributed by atoms with Crippen LogP contribution in [0.1, 0.15) is 42.5 Å². The van der Waals surface area contributed by atoms with Gasteiger partial charge in [0.15, 0.2) is 6.61 Å². The standard InChI is InChI=1S/C26H26N4O4/c1-32-19-8-6-7-18(13-19)14-20-15-27-26(34-20)23-11-4-5-12-30(23)24(31)16-33-25-21-9-2-3-10-22(21)28-17-29-25/h2-3,6-10,13,15,17,23H,4-5,11-12,14,16H2,1H3/t23-/m0/s1. The van der Waals surface area contributed by atoms with Gasteiger partial charge in [-0.1, -0.05) is 24.3 Å². The molecule has 2 aromatic heterocycles. The van der Waals surface area contributed by atoms with E-state index in [1.807, 2.05) is 53.4 Å². The second-order valence-corrected chi connectivity index (χ2v) is 8.28. The molecule has 1 aliphatic rings. The highest BCUT2D eigenvalue weighted by Crippen LogP contribution is 2.31. The maximum Gasteiger partial charge on any atom is 0.261 e. The first-order valence-corrected chi connectivity index (χ1v) is 11.4. The van der Waals surface area contributed by atoms with Gasteiger partial charge >= 0.3 is 0 Å². The van der Waals surface area contributed by atoms with Gasteiger partial charge in [0.1, 0.15) is 23.9 Å². The molecule has 4 aromatic rings. The molecule has 8 nitrogen and oxygen atoms in total. The molecular weight excluding hydrogens is 432 g/mol. The Balaban J connectivity index is 1.28. The van der Waals surface area contributed by atoms with Crippen LogP contribution < -0.4 is 9.47 Å². The molecule has 0 aliphatic carbocycles. The number of benzene rings is 2. The van der Waals surface area contributed by atoms with E-state index in [9.17, 15) is 4.79 Å². The second-order valence-electron chi connectivity index (χ2n) is 8.28. The quantitative estimate of drug-likeness (QED) is 0.407.